The van der Waals surface area contributed by atoms with Gasteiger partial charge in [0, 0.05) is 23.8 Å². The molecule has 0 bridgehead atoms. The minimum absolute atomic E-state index is 0.0602. The van der Waals surface area contributed by atoms with Crippen LogP contribution < -0.4 is 4.90 Å². The summed E-state index contributed by atoms with van der Waals surface area (Å²) in [5.74, 6) is -0.130. The SMILES string of the molecule is O=C(Cc1ccccc1Cl)N1CCN(c2ccccc2)C(=O)C1. The summed E-state index contributed by atoms with van der Waals surface area (Å²) < 4.78 is 0. The van der Waals surface area contributed by atoms with Gasteiger partial charge in [-0.15, -0.1) is 0 Å². The summed E-state index contributed by atoms with van der Waals surface area (Å²) in [6.45, 7) is 1.15. The molecular weight excluding hydrogens is 312 g/mol. The molecule has 1 saturated heterocycles. The monoisotopic (exact) mass is 328 g/mol. The number of amides is 2. The number of anilines is 1. The van der Waals surface area contributed by atoms with E-state index in [1.807, 2.05) is 48.5 Å². The summed E-state index contributed by atoms with van der Waals surface area (Å²) in [5, 5.41) is 0.579. The normalized spacial score (nSPS) is 14.9. The highest BCUT2D eigenvalue weighted by Crippen LogP contribution is 2.19. The number of carbonyl (C=O) groups excluding carboxylic acids is 2. The molecule has 2 aromatic carbocycles. The van der Waals surface area contributed by atoms with Crippen LogP contribution in [0, 0.1) is 0 Å². The molecule has 1 aliphatic rings. The largest absolute Gasteiger partial charge is 0.331 e. The average Bonchev–Trinajstić information content (AvgIpc) is 2.57. The third-order valence-corrected chi connectivity index (χ3v) is 4.31. The van der Waals surface area contributed by atoms with Gasteiger partial charge < -0.3 is 9.80 Å². The van der Waals surface area contributed by atoms with Gasteiger partial charge in [0.05, 0.1) is 6.42 Å². The maximum Gasteiger partial charge on any atom is 0.246 e. The molecular formula is C18H17ClN2O2. The Hall–Kier alpha value is -2.33. The van der Waals surface area contributed by atoms with Crippen LogP contribution in [0.3, 0.4) is 0 Å². The topological polar surface area (TPSA) is 40.6 Å². The molecule has 118 valence electrons. The first kappa shape index (κ1) is 15.6. The van der Waals surface area contributed by atoms with Crippen molar-refractivity contribution in [2.24, 2.45) is 0 Å². The van der Waals surface area contributed by atoms with E-state index in [-0.39, 0.29) is 24.8 Å². The number of carbonyl (C=O) groups is 2. The smallest absolute Gasteiger partial charge is 0.246 e. The van der Waals surface area contributed by atoms with Crippen LogP contribution in [0.2, 0.25) is 5.02 Å². The number of para-hydroxylation sites is 1. The molecule has 0 spiro atoms. The van der Waals surface area contributed by atoms with Gasteiger partial charge in [-0.25, -0.2) is 0 Å². The van der Waals surface area contributed by atoms with Crippen LogP contribution >= 0.6 is 11.6 Å². The Labute approximate surface area is 140 Å². The van der Waals surface area contributed by atoms with Crippen molar-refractivity contribution in [2.75, 3.05) is 24.5 Å². The zero-order chi connectivity index (χ0) is 16.2. The maximum absolute atomic E-state index is 12.4. The zero-order valence-corrected chi connectivity index (χ0v) is 13.4. The highest BCUT2D eigenvalue weighted by Gasteiger charge is 2.28. The Balaban J connectivity index is 1.65. The third-order valence-electron chi connectivity index (χ3n) is 3.94. The van der Waals surface area contributed by atoms with E-state index in [9.17, 15) is 9.59 Å². The van der Waals surface area contributed by atoms with E-state index in [1.54, 1.807) is 15.9 Å². The molecule has 1 fully saturated rings. The summed E-state index contributed by atoms with van der Waals surface area (Å²) in [4.78, 5) is 28.1. The molecule has 0 N–H and O–H groups in total. The van der Waals surface area contributed by atoms with E-state index < -0.39 is 0 Å². The maximum atomic E-state index is 12.4. The Kier molecular flexibility index (Phi) is 4.63. The van der Waals surface area contributed by atoms with Crippen LogP contribution in [0.15, 0.2) is 54.6 Å². The van der Waals surface area contributed by atoms with Gasteiger partial charge in [-0.2, -0.15) is 0 Å². The average molecular weight is 329 g/mol. The second kappa shape index (κ2) is 6.84. The second-order valence-corrected chi connectivity index (χ2v) is 5.87. The lowest BCUT2D eigenvalue weighted by Crippen LogP contribution is -2.52. The minimum atomic E-state index is -0.0702. The number of benzene rings is 2. The van der Waals surface area contributed by atoms with E-state index in [0.717, 1.165) is 11.3 Å². The number of hydrogen-bond donors (Lipinski definition) is 0. The number of hydrogen-bond acceptors (Lipinski definition) is 2. The Morgan fingerprint density at radius 1 is 1.00 bits per heavy atom. The van der Waals surface area contributed by atoms with Crippen LogP contribution in [0.4, 0.5) is 5.69 Å². The van der Waals surface area contributed by atoms with Crippen molar-refractivity contribution >= 4 is 29.1 Å². The first-order chi connectivity index (χ1) is 11.1. The van der Waals surface area contributed by atoms with Crippen molar-refractivity contribution in [1.82, 2.24) is 4.90 Å². The summed E-state index contributed by atoms with van der Waals surface area (Å²) in [6.07, 6.45) is 0.221. The molecule has 1 aliphatic heterocycles. The number of nitrogens with zero attached hydrogens (tertiary/aromatic N) is 2. The highest BCUT2D eigenvalue weighted by atomic mass is 35.5. The fourth-order valence-corrected chi connectivity index (χ4v) is 2.89. The first-order valence-electron chi connectivity index (χ1n) is 7.52. The van der Waals surface area contributed by atoms with E-state index in [4.69, 9.17) is 11.6 Å². The molecule has 0 atom stereocenters. The van der Waals surface area contributed by atoms with Crippen LogP contribution in [-0.4, -0.2) is 36.3 Å². The predicted octanol–water partition coefficient (Wildman–Crippen LogP) is 2.76. The highest BCUT2D eigenvalue weighted by molar-refractivity contribution is 6.31. The van der Waals surface area contributed by atoms with Gasteiger partial charge in [0.1, 0.15) is 6.54 Å². The van der Waals surface area contributed by atoms with E-state index >= 15 is 0 Å². The summed E-state index contributed by atoms with van der Waals surface area (Å²) in [6, 6.07) is 16.8. The fraction of sp³-hybridized carbons (Fsp3) is 0.222. The molecule has 0 saturated carbocycles. The van der Waals surface area contributed by atoms with Crippen molar-refractivity contribution in [3.63, 3.8) is 0 Å². The molecule has 2 amide bonds. The molecule has 0 radical (unpaired) electrons. The molecule has 0 unspecified atom stereocenters. The van der Waals surface area contributed by atoms with Gasteiger partial charge in [-0.05, 0) is 23.8 Å². The van der Waals surface area contributed by atoms with Crippen LogP contribution in [-0.2, 0) is 16.0 Å². The Bertz CT molecular complexity index is 718. The lowest BCUT2D eigenvalue weighted by molar-refractivity contribution is -0.136. The van der Waals surface area contributed by atoms with Gasteiger partial charge >= 0.3 is 0 Å². The van der Waals surface area contributed by atoms with Crippen molar-refractivity contribution in [2.45, 2.75) is 6.42 Å². The first-order valence-corrected chi connectivity index (χ1v) is 7.89. The quantitative estimate of drug-likeness (QED) is 0.869. The van der Waals surface area contributed by atoms with Crippen LogP contribution in [0.1, 0.15) is 5.56 Å². The second-order valence-electron chi connectivity index (χ2n) is 5.46. The number of halogens is 1. The Morgan fingerprint density at radius 2 is 1.70 bits per heavy atom. The van der Waals surface area contributed by atoms with E-state index in [2.05, 4.69) is 0 Å². The van der Waals surface area contributed by atoms with Gasteiger partial charge in [0.2, 0.25) is 11.8 Å². The number of rotatable bonds is 3. The van der Waals surface area contributed by atoms with Gasteiger partial charge in [0.15, 0.2) is 0 Å². The van der Waals surface area contributed by atoms with Gasteiger partial charge in [0.25, 0.3) is 0 Å². The van der Waals surface area contributed by atoms with Crippen molar-refractivity contribution < 1.29 is 9.59 Å². The van der Waals surface area contributed by atoms with Crippen molar-refractivity contribution in [3.05, 3.63) is 65.2 Å². The molecule has 4 nitrogen and oxygen atoms in total. The van der Waals surface area contributed by atoms with Crippen LogP contribution in [0.25, 0.3) is 0 Å². The lowest BCUT2D eigenvalue weighted by atomic mass is 10.1. The van der Waals surface area contributed by atoms with Crippen molar-refractivity contribution in [3.8, 4) is 0 Å². The molecule has 2 aromatic rings. The zero-order valence-electron chi connectivity index (χ0n) is 12.6. The van der Waals surface area contributed by atoms with E-state index in [1.165, 1.54) is 0 Å². The molecule has 0 aromatic heterocycles. The van der Waals surface area contributed by atoms with E-state index in [0.29, 0.717) is 18.1 Å². The molecule has 0 aliphatic carbocycles. The van der Waals surface area contributed by atoms with Crippen molar-refractivity contribution in [1.29, 1.82) is 0 Å². The summed E-state index contributed by atoms with van der Waals surface area (Å²) in [7, 11) is 0. The third kappa shape index (κ3) is 3.54. The molecule has 1 heterocycles. The standard InChI is InChI=1S/C18H17ClN2O2/c19-16-9-5-4-6-14(16)12-17(22)20-10-11-21(18(23)13-20)15-7-2-1-3-8-15/h1-9H,10-13H2. The predicted molar refractivity (Wildman–Crippen MR) is 90.5 cm³/mol. The lowest BCUT2D eigenvalue weighted by Gasteiger charge is -2.34. The van der Waals surface area contributed by atoms with Gasteiger partial charge in [-0.3, -0.25) is 9.59 Å². The fourth-order valence-electron chi connectivity index (χ4n) is 2.68. The molecule has 23 heavy (non-hydrogen) atoms. The molecule has 3 rings (SSSR count). The molecule has 5 heteroatoms. The Morgan fingerprint density at radius 3 is 2.39 bits per heavy atom. The summed E-state index contributed by atoms with van der Waals surface area (Å²) >= 11 is 6.09. The number of piperazine rings is 1. The van der Waals surface area contributed by atoms with Gasteiger partial charge in [-0.1, -0.05) is 48.0 Å². The van der Waals surface area contributed by atoms with Crippen LogP contribution in [0.5, 0.6) is 0 Å². The minimum Gasteiger partial charge on any atom is -0.331 e. The summed E-state index contributed by atoms with van der Waals surface area (Å²) in [5.41, 5.74) is 1.66.